The number of hydrogen-bond acceptors (Lipinski definition) is 2. The Balaban J connectivity index is 2.10. The third-order valence-electron chi connectivity index (χ3n) is 4.24. The Morgan fingerprint density at radius 3 is 2.95 bits per heavy atom. The van der Waals surface area contributed by atoms with Gasteiger partial charge < -0.3 is 10.3 Å². The molecule has 1 saturated carbocycles. The number of nitrogens with zero attached hydrogens (tertiary/aromatic N) is 2. The van der Waals surface area contributed by atoms with E-state index in [0.29, 0.717) is 22.9 Å². The maximum absolute atomic E-state index is 13.8. The summed E-state index contributed by atoms with van der Waals surface area (Å²) in [5, 5.41) is 0. The molecule has 0 spiro atoms. The molecule has 2 N–H and O–H groups in total. The van der Waals surface area contributed by atoms with Gasteiger partial charge >= 0.3 is 0 Å². The number of hydrogen-bond donors (Lipinski definition) is 1. The first-order valence-corrected chi connectivity index (χ1v) is 6.90. The molecule has 0 bridgehead atoms. The molecule has 0 aliphatic heterocycles. The van der Waals surface area contributed by atoms with Crippen molar-refractivity contribution in [3.05, 3.63) is 24.0 Å². The maximum Gasteiger partial charge on any atom is 0.201 e. The number of rotatable bonds is 1. The lowest BCUT2D eigenvalue weighted by Gasteiger charge is -2.36. The monoisotopic (exact) mass is 261 g/mol. The molecule has 3 nitrogen and oxygen atoms in total. The molecule has 1 aliphatic carbocycles. The van der Waals surface area contributed by atoms with Gasteiger partial charge in [0.25, 0.3) is 0 Å². The van der Waals surface area contributed by atoms with Crippen molar-refractivity contribution in [2.45, 2.75) is 45.6 Å². The highest BCUT2D eigenvalue weighted by Gasteiger charge is 2.30. The van der Waals surface area contributed by atoms with Crippen LogP contribution < -0.4 is 5.73 Å². The number of anilines is 1. The fraction of sp³-hybridized carbons (Fsp3) is 0.533. The van der Waals surface area contributed by atoms with Crippen molar-refractivity contribution in [3.63, 3.8) is 0 Å². The highest BCUT2D eigenvalue weighted by atomic mass is 19.1. The zero-order valence-electron chi connectivity index (χ0n) is 11.5. The van der Waals surface area contributed by atoms with Crippen molar-refractivity contribution >= 4 is 17.0 Å². The van der Waals surface area contributed by atoms with Crippen LogP contribution in [0.15, 0.2) is 18.2 Å². The van der Waals surface area contributed by atoms with Crippen molar-refractivity contribution in [2.75, 3.05) is 5.73 Å². The van der Waals surface area contributed by atoms with Gasteiger partial charge in [-0.15, -0.1) is 0 Å². The van der Waals surface area contributed by atoms with Gasteiger partial charge in [-0.2, -0.15) is 0 Å². The van der Waals surface area contributed by atoms with Gasteiger partial charge in [-0.1, -0.05) is 26.3 Å². The van der Waals surface area contributed by atoms with E-state index in [1.807, 2.05) is 10.6 Å². The third kappa shape index (κ3) is 2.09. The summed E-state index contributed by atoms with van der Waals surface area (Å²) in [5.41, 5.74) is 7.56. The number of nitrogen functional groups attached to an aromatic ring is 1. The molecule has 1 atom stereocenters. The molecule has 1 fully saturated rings. The largest absolute Gasteiger partial charge is 0.369 e. The Kier molecular flexibility index (Phi) is 2.77. The highest BCUT2D eigenvalue weighted by Crippen LogP contribution is 2.42. The van der Waals surface area contributed by atoms with Gasteiger partial charge in [0.1, 0.15) is 5.52 Å². The first-order valence-electron chi connectivity index (χ1n) is 6.90. The van der Waals surface area contributed by atoms with E-state index in [9.17, 15) is 4.39 Å². The molecule has 102 valence electrons. The first-order chi connectivity index (χ1) is 8.98. The molecule has 0 radical (unpaired) electrons. The fourth-order valence-corrected chi connectivity index (χ4v) is 3.36. The van der Waals surface area contributed by atoms with E-state index in [1.165, 1.54) is 18.9 Å². The van der Waals surface area contributed by atoms with E-state index in [0.717, 1.165) is 18.4 Å². The normalized spacial score (nSPS) is 22.8. The van der Waals surface area contributed by atoms with Crippen LogP contribution in [-0.4, -0.2) is 9.55 Å². The van der Waals surface area contributed by atoms with Crippen LogP contribution in [0, 0.1) is 11.2 Å². The summed E-state index contributed by atoms with van der Waals surface area (Å²) < 4.78 is 15.8. The van der Waals surface area contributed by atoms with Crippen LogP contribution in [0.25, 0.3) is 11.0 Å². The van der Waals surface area contributed by atoms with E-state index in [1.54, 1.807) is 6.07 Å². The van der Waals surface area contributed by atoms with E-state index >= 15 is 0 Å². The lowest BCUT2D eigenvalue weighted by atomic mass is 9.75. The first kappa shape index (κ1) is 12.5. The molecular weight excluding hydrogens is 241 g/mol. The summed E-state index contributed by atoms with van der Waals surface area (Å²) in [6.45, 7) is 4.57. The van der Waals surface area contributed by atoms with Crippen LogP contribution >= 0.6 is 0 Å². The zero-order chi connectivity index (χ0) is 13.6. The molecule has 4 heteroatoms. The molecule has 2 aromatic rings. The smallest absolute Gasteiger partial charge is 0.201 e. The number of fused-ring (bicyclic) bond motifs is 1. The maximum atomic E-state index is 13.8. The van der Waals surface area contributed by atoms with Gasteiger partial charge in [-0.25, -0.2) is 9.37 Å². The van der Waals surface area contributed by atoms with E-state index in [-0.39, 0.29) is 5.82 Å². The standard InChI is InChI=1S/C15H20FN3/c1-15(2)8-4-5-10(9-15)19-12-7-3-6-11(16)13(12)18-14(19)17/h3,6-7,10H,4-5,8-9H2,1-2H3,(H2,17,18). The summed E-state index contributed by atoms with van der Waals surface area (Å²) >= 11 is 0. The van der Waals surface area contributed by atoms with E-state index in [4.69, 9.17) is 5.73 Å². The van der Waals surface area contributed by atoms with Gasteiger partial charge in [0.2, 0.25) is 5.95 Å². The minimum absolute atomic E-state index is 0.294. The second-order valence-corrected chi connectivity index (χ2v) is 6.36. The molecule has 0 amide bonds. The molecule has 1 aromatic carbocycles. The number of imidazole rings is 1. The van der Waals surface area contributed by atoms with Gasteiger partial charge in [-0.3, -0.25) is 0 Å². The number of nitrogens with two attached hydrogens (primary N) is 1. The molecule has 1 aromatic heterocycles. The Bertz CT molecular complexity index is 615. The average molecular weight is 261 g/mol. The van der Waals surface area contributed by atoms with Crippen LogP contribution in [-0.2, 0) is 0 Å². The minimum Gasteiger partial charge on any atom is -0.369 e. The van der Waals surface area contributed by atoms with Crippen LogP contribution in [0.4, 0.5) is 10.3 Å². The van der Waals surface area contributed by atoms with Crippen LogP contribution in [0.1, 0.15) is 45.6 Å². The lowest BCUT2D eigenvalue weighted by molar-refractivity contribution is 0.187. The van der Waals surface area contributed by atoms with E-state index in [2.05, 4.69) is 18.8 Å². The Labute approximate surface area is 112 Å². The Morgan fingerprint density at radius 1 is 1.42 bits per heavy atom. The van der Waals surface area contributed by atoms with Crippen LogP contribution in [0.2, 0.25) is 0 Å². The highest BCUT2D eigenvalue weighted by molar-refractivity contribution is 5.79. The number of benzene rings is 1. The fourth-order valence-electron chi connectivity index (χ4n) is 3.36. The zero-order valence-corrected chi connectivity index (χ0v) is 11.5. The van der Waals surface area contributed by atoms with E-state index < -0.39 is 0 Å². The Morgan fingerprint density at radius 2 is 2.21 bits per heavy atom. The summed E-state index contributed by atoms with van der Waals surface area (Å²) in [6, 6.07) is 5.40. The van der Waals surface area contributed by atoms with Crippen molar-refractivity contribution < 1.29 is 4.39 Å². The SMILES string of the molecule is CC1(C)CCCC(n2c(N)nc3c(F)cccc32)C1. The average Bonchev–Trinajstić information content (AvgIpc) is 2.66. The Hall–Kier alpha value is -1.58. The van der Waals surface area contributed by atoms with Crippen LogP contribution in [0.5, 0.6) is 0 Å². The third-order valence-corrected chi connectivity index (χ3v) is 4.24. The van der Waals surface area contributed by atoms with Gasteiger partial charge in [0.15, 0.2) is 5.82 Å². The van der Waals surface area contributed by atoms with Crippen LogP contribution in [0.3, 0.4) is 0 Å². The van der Waals surface area contributed by atoms with Gasteiger partial charge in [-0.05, 0) is 36.8 Å². The number of aromatic nitrogens is 2. The van der Waals surface area contributed by atoms with Crippen molar-refractivity contribution in [2.24, 2.45) is 5.41 Å². The van der Waals surface area contributed by atoms with Crippen molar-refractivity contribution in [1.82, 2.24) is 9.55 Å². The predicted octanol–water partition coefficient (Wildman–Crippen LogP) is 3.90. The molecule has 1 aliphatic rings. The second-order valence-electron chi connectivity index (χ2n) is 6.36. The minimum atomic E-state index is -0.294. The second kappa shape index (κ2) is 4.22. The molecule has 3 rings (SSSR count). The number of halogens is 1. The van der Waals surface area contributed by atoms with Crippen molar-refractivity contribution in [1.29, 1.82) is 0 Å². The summed E-state index contributed by atoms with van der Waals surface area (Å²) in [6.07, 6.45) is 4.59. The summed E-state index contributed by atoms with van der Waals surface area (Å²) in [7, 11) is 0. The quantitative estimate of drug-likeness (QED) is 0.846. The topological polar surface area (TPSA) is 43.8 Å². The number of para-hydroxylation sites is 1. The molecule has 19 heavy (non-hydrogen) atoms. The molecule has 0 saturated heterocycles. The van der Waals surface area contributed by atoms with Gasteiger partial charge in [0, 0.05) is 6.04 Å². The molecule has 1 heterocycles. The summed E-state index contributed by atoms with van der Waals surface area (Å²) in [5.74, 6) is 0.140. The molecule has 1 unspecified atom stereocenters. The molecular formula is C15H20FN3. The predicted molar refractivity (Wildman–Crippen MR) is 75.4 cm³/mol. The van der Waals surface area contributed by atoms with Gasteiger partial charge in [0.05, 0.1) is 5.52 Å². The van der Waals surface area contributed by atoms with Crippen molar-refractivity contribution in [3.8, 4) is 0 Å². The lowest BCUT2D eigenvalue weighted by Crippen LogP contribution is -2.25. The summed E-state index contributed by atoms with van der Waals surface area (Å²) in [4.78, 5) is 4.20.